The summed E-state index contributed by atoms with van der Waals surface area (Å²) in [7, 11) is 2.22. The smallest absolute Gasteiger partial charge is 0.0590 e. The molecule has 1 N–H and O–H groups in total. The molecule has 0 aromatic rings. The van der Waals surface area contributed by atoms with Gasteiger partial charge in [0.2, 0.25) is 0 Å². The van der Waals surface area contributed by atoms with Gasteiger partial charge in [-0.25, -0.2) is 0 Å². The van der Waals surface area contributed by atoms with Crippen molar-refractivity contribution in [3.63, 3.8) is 0 Å². The summed E-state index contributed by atoms with van der Waals surface area (Å²) in [6, 6.07) is 1.36. The van der Waals surface area contributed by atoms with Crippen LogP contribution in [0.4, 0.5) is 0 Å². The van der Waals surface area contributed by atoms with Crippen molar-refractivity contribution in [2.75, 3.05) is 33.4 Å². The molecule has 0 saturated carbocycles. The van der Waals surface area contributed by atoms with E-state index < -0.39 is 0 Å². The standard InChI is InChI=1S/C12H26N2O/c1-5-15-7-6-13-12-8-11(3)14(4)9-10(12)2/h10-13H,5-9H2,1-4H3/t10-,11+,12+/m0/s1. The lowest BCUT2D eigenvalue weighted by Crippen LogP contribution is -2.51. The van der Waals surface area contributed by atoms with E-state index in [-0.39, 0.29) is 0 Å². The Morgan fingerprint density at radius 1 is 1.40 bits per heavy atom. The van der Waals surface area contributed by atoms with Gasteiger partial charge in [0.1, 0.15) is 0 Å². The largest absolute Gasteiger partial charge is 0.380 e. The maximum Gasteiger partial charge on any atom is 0.0590 e. The Kier molecular flexibility index (Phi) is 5.58. The number of nitrogens with zero attached hydrogens (tertiary/aromatic N) is 1. The zero-order valence-corrected chi connectivity index (χ0v) is 10.6. The molecule has 1 heterocycles. The molecule has 1 fully saturated rings. The number of ether oxygens (including phenoxy) is 1. The lowest BCUT2D eigenvalue weighted by Gasteiger charge is -2.40. The number of piperidine rings is 1. The first kappa shape index (κ1) is 12.9. The summed E-state index contributed by atoms with van der Waals surface area (Å²) >= 11 is 0. The van der Waals surface area contributed by atoms with Crippen molar-refractivity contribution < 1.29 is 4.74 Å². The Hall–Kier alpha value is -0.120. The molecule has 0 aliphatic carbocycles. The molecule has 0 aromatic carbocycles. The molecule has 0 radical (unpaired) electrons. The second-order valence-corrected chi connectivity index (χ2v) is 4.76. The molecule has 0 unspecified atom stereocenters. The van der Waals surface area contributed by atoms with Crippen LogP contribution in [0.1, 0.15) is 27.2 Å². The topological polar surface area (TPSA) is 24.5 Å². The summed E-state index contributed by atoms with van der Waals surface area (Å²) in [5, 5.41) is 3.61. The maximum atomic E-state index is 5.33. The lowest BCUT2D eigenvalue weighted by molar-refractivity contribution is 0.107. The molecule has 1 rings (SSSR count). The van der Waals surface area contributed by atoms with Gasteiger partial charge in [-0.15, -0.1) is 0 Å². The molecule has 1 aliphatic heterocycles. The normalized spacial score (nSPS) is 33.2. The highest BCUT2D eigenvalue weighted by molar-refractivity contribution is 4.85. The third-order valence-electron chi connectivity index (χ3n) is 3.47. The lowest BCUT2D eigenvalue weighted by atomic mass is 9.90. The van der Waals surface area contributed by atoms with Crippen molar-refractivity contribution in [3.8, 4) is 0 Å². The van der Waals surface area contributed by atoms with Crippen LogP contribution >= 0.6 is 0 Å². The summed E-state index contributed by atoms with van der Waals surface area (Å²) in [5.41, 5.74) is 0. The van der Waals surface area contributed by atoms with Gasteiger partial charge in [0.15, 0.2) is 0 Å². The van der Waals surface area contributed by atoms with Gasteiger partial charge in [-0.05, 0) is 33.2 Å². The molecule has 3 atom stereocenters. The van der Waals surface area contributed by atoms with Gasteiger partial charge < -0.3 is 15.0 Å². The number of hydrogen-bond acceptors (Lipinski definition) is 3. The number of hydrogen-bond donors (Lipinski definition) is 1. The van der Waals surface area contributed by atoms with Gasteiger partial charge in [0.25, 0.3) is 0 Å². The Morgan fingerprint density at radius 2 is 2.13 bits per heavy atom. The highest BCUT2D eigenvalue weighted by Crippen LogP contribution is 2.20. The van der Waals surface area contributed by atoms with Crippen LogP contribution in [-0.4, -0.2) is 50.3 Å². The van der Waals surface area contributed by atoms with Crippen LogP contribution in [0, 0.1) is 5.92 Å². The number of nitrogens with one attached hydrogen (secondary N) is 1. The molecule has 0 spiro atoms. The first-order chi connectivity index (χ1) is 7.15. The second-order valence-electron chi connectivity index (χ2n) is 4.76. The highest BCUT2D eigenvalue weighted by atomic mass is 16.5. The zero-order valence-electron chi connectivity index (χ0n) is 10.6. The summed E-state index contributed by atoms with van der Waals surface area (Å²) in [5.74, 6) is 0.743. The quantitative estimate of drug-likeness (QED) is 0.699. The minimum absolute atomic E-state index is 0.664. The number of likely N-dealkylation sites (tertiary alicyclic amines) is 1. The van der Waals surface area contributed by atoms with E-state index in [1.54, 1.807) is 0 Å². The molecule has 3 nitrogen and oxygen atoms in total. The molecule has 3 heteroatoms. The Balaban J connectivity index is 2.22. The van der Waals surface area contributed by atoms with E-state index in [0.717, 1.165) is 25.7 Å². The van der Waals surface area contributed by atoms with Gasteiger partial charge in [0, 0.05) is 31.8 Å². The summed E-state index contributed by atoms with van der Waals surface area (Å²) in [6.07, 6.45) is 1.25. The fourth-order valence-electron chi connectivity index (χ4n) is 2.29. The summed E-state index contributed by atoms with van der Waals surface area (Å²) in [6.45, 7) is 10.5. The van der Waals surface area contributed by atoms with E-state index in [9.17, 15) is 0 Å². The predicted molar refractivity (Wildman–Crippen MR) is 64.2 cm³/mol. The van der Waals surface area contributed by atoms with Crippen LogP contribution in [0.15, 0.2) is 0 Å². The van der Waals surface area contributed by atoms with Crippen molar-refractivity contribution in [1.29, 1.82) is 0 Å². The minimum atomic E-state index is 0.664. The first-order valence-electron chi connectivity index (χ1n) is 6.16. The molecule has 0 bridgehead atoms. The molecule has 0 aromatic heterocycles. The summed E-state index contributed by atoms with van der Waals surface area (Å²) in [4.78, 5) is 2.45. The van der Waals surface area contributed by atoms with Crippen molar-refractivity contribution in [1.82, 2.24) is 10.2 Å². The van der Waals surface area contributed by atoms with E-state index in [4.69, 9.17) is 4.74 Å². The van der Waals surface area contributed by atoms with Crippen LogP contribution in [-0.2, 0) is 4.74 Å². The Bertz CT molecular complexity index is 175. The fourth-order valence-corrected chi connectivity index (χ4v) is 2.29. The highest BCUT2D eigenvalue weighted by Gasteiger charge is 2.28. The molecule has 1 saturated heterocycles. The fraction of sp³-hybridized carbons (Fsp3) is 1.00. The number of rotatable bonds is 5. The molecular formula is C12H26N2O. The van der Waals surface area contributed by atoms with Gasteiger partial charge in [-0.3, -0.25) is 0 Å². The van der Waals surface area contributed by atoms with Gasteiger partial charge in [0.05, 0.1) is 6.61 Å². The molecular weight excluding hydrogens is 188 g/mol. The Labute approximate surface area is 94.2 Å². The Morgan fingerprint density at radius 3 is 2.80 bits per heavy atom. The minimum Gasteiger partial charge on any atom is -0.380 e. The van der Waals surface area contributed by atoms with Crippen molar-refractivity contribution in [3.05, 3.63) is 0 Å². The van der Waals surface area contributed by atoms with Crippen molar-refractivity contribution in [2.24, 2.45) is 5.92 Å². The van der Waals surface area contributed by atoms with Crippen molar-refractivity contribution in [2.45, 2.75) is 39.3 Å². The second kappa shape index (κ2) is 6.46. The van der Waals surface area contributed by atoms with E-state index in [2.05, 4.69) is 31.1 Å². The van der Waals surface area contributed by atoms with E-state index in [0.29, 0.717) is 12.1 Å². The van der Waals surface area contributed by atoms with Gasteiger partial charge in [-0.1, -0.05) is 6.92 Å². The average Bonchev–Trinajstić information content (AvgIpc) is 2.20. The van der Waals surface area contributed by atoms with E-state index in [1.807, 2.05) is 6.92 Å². The molecule has 0 amide bonds. The zero-order chi connectivity index (χ0) is 11.3. The van der Waals surface area contributed by atoms with Crippen LogP contribution in [0.2, 0.25) is 0 Å². The van der Waals surface area contributed by atoms with Crippen LogP contribution in [0.3, 0.4) is 0 Å². The third kappa shape index (κ3) is 4.09. The SMILES string of the molecule is CCOCCN[C@@H]1C[C@@H](C)N(C)C[C@@H]1C. The summed E-state index contributed by atoms with van der Waals surface area (Å²) < 4.78 is 5.33. The van der Waals surface area contributed by atoms with E-state index in [1.165, 1.54) is 13.0 Å². The molecule has 1 aliphatic rings. The maximum absolute atomic E-state index is 5.33. The molecule has 15 heavy (non-hydrogen) atoms. The van der Waals surface area contributed by atoms with Gasteiger partial charge >= 0.3 is 0 Å². The van der Waals surface area contributed by atoms with Crippen LogP contribution in [0.25, 0.3) is 0 Å². The monoisotopic (exact) mass is 214 g/mol. The van der Waals surface area contributed by atoms with Crippen LogP contribution in [0.5, 0.6) is 0 Å². The third-order valence-corrected chi connectivity index (χ3v) is 3.47. The van der Waals surface area contributed by atoms with Crippen molar-refractivity contribution >= 4 is 0 Å². The van der Waals surface area contributed by atoms with Gasteiger partial charge in [-0.2, -0.15) is 0 Å². The average molecular weight is 214 g/mol. The van der Waals surface area contributed by atoms with Crippen LogP contribution < -0.4 is 5.32 Å². The van der Waals surface area contributed by atoms with E-state index >= 15 is 0 Å². The first-order valence-corrected chi connectivity index (χ1v) is 6.16. The predicted octanol–water partition coefficient (Wildman–Crippen LogP) is 1.34. The molecule has 90 valence electrons.